The van der Waals surface area contributed by atoms with Gasteiger partial charge in [0, 0.05) is 55.6 Å². The van der Waals surface area contributed by atoms with Crippen LogP contribution in [0.15, 0.2) is 41.5 Å². The quantitative estimate of drug-likeness (QED) is 0.520. The SMILES string of the molecule is Cc1cc(C(=O)N2CCC(N3C[C](n4cc(-c5ncnc6[nH]ccc56)cn4)C3)CC2)c(C)o1. The second-order valence-electron chi connectivity index (χ2n) is 8.96. The molecule has 9 nitrogen and oxygen atoms in total. The molecule has 0 unspecified atom stereocenters. The lowest BCUT2D eigenvalue weighted by Gasteiger charge is -2.46. The molecule has 6 rings (SSSR count). The van der Waals surface area contributed by atoms with Gasteiger partial charge in [0.1, 0.15) is 29.5 Å². The first-order chi connectivity index (χ1) is 16.1. The number of aromatic nitrogens is 5. The average Bonchev–Trinajstić information content (AvgIpc) is 3.52. The number of likely N-dealkylation sites (tertiary alicyclic amines) is 2. The maximum Gasteiger partial charge on any atom is 0.257 e. The molecule has 0 aliphatic carbocycles. The zero-order chi connectivity index (χ0) is 22.5. The van der Waals surface area contributed by atoms with Crippen LogP contribution in [0, 0.1) is 19.9 Å². The van der Waals surface area contributed by atoms with Gasteiger partial charge in [0.2, 0.25) is 0 Å². The van der Waals surface area contributed by atoms with Crippen molar-refractivity contribution in [1.29, 1.82) is 0 Å². The summed E-state index contributed by atoms with van der Waals surface area (Å²) in [5.41, 5.74) is 3.41. The van der Waals surface area contributed by atoms with Crippen molar-refractivity contribution in [2.24, 2.45) is 0 Å². The van der Waals surface area contributed by atoms with Gasteiger partial charge in [-0.2, -0.15) is 5.10 Å². The number of amides is 1. The minimum absolute atomic E-state index is 0.0870. The molecule has 2 fully saturated rings. The molecule has 1 N–H and O–H groups in total. The molecule has 2 aliphatic heterocycles. The topological polar surface area (TPSA) is 96.1 Å². The fourth-order valence-electron chi connectivity index (χ4n) is 4.99. The van der Waals surface area contributed by atoms with E-state index in [0.717, 1.165) is 67.1 Å². The van der Waals surface area contributed by atoms with E-state index in [1.54, 1.807) is 6.33 Å². The van der Waals surface area contributed by atoms with Crippen molar-refractivity contribution >= 4 is 16.9 Å². The molecule has 1 amide bonds. The number of furan rings is 1. The summed E-state index contributed by atoms with van der Waals surface area (Å²) in [5.74, 6) is 1.58. The number of aromatic amines is 1. The molecule has 9 heteroatoms. The van der Waals surface area contributed by atoms with Crippen LogP contribution in [0.3, 0.4) is 0 Å². The third-order valence-electron chi connectivity index (χ3n) is 6.84. The molecule has 0 saturated carbocycles. The molecule has 0 bridgehead atoms. The van der Waals surface area contributed by atoms with Gasteiger partial charge in [-0.3, -0.25) is 14.4 Å². The monoisotopic (exact) mass is 444 g/mol. The Morgan fingerprint density at radius 2 is 2.00 bits per heavy atom. The normalized spacial score (nSPS) is 18.2. The minimum atomic E-state index is 0.0870. The van der Waals surface area contributed by atoms with Gasteiger partial charge in [-0.1, -0.05) is 0 Å². The van der Waals surface area contributed by atoms with E-state index in [2.05, 4.69) is 31.1 Å². The average molecular weight is 445 g/mol. The minimum Gasteiger partial charge on any atom is -0.466 e. The first-order valence-electron chi connectivity index (χ1n) is 11.4. The predicted molar refractivity (Wildman–Crippen MR) is 122 cm³/mol. The maximum absolute atomic E-state index is 12.8. The number of nitrogens with zero attached hydrogens (tertiary/aromatic N) is 6. The first-order valence-corrected chi connectivity index (χ1v) is 11.4. The van der Waals surface area contributed by atoms with Crippen LogP contribution >= 0.6 is 0 Å². The number of carbonyl (C=O) groups is 1. The van der Waals surface area contributed by atoms with E-state index in [0.29, 0.717) is 17.4 Å². The summed E-state index contributed by atoms with van der Waals surface area (Å²) < 4.78 is 7.52. The highest BCUT2D eigenvalue weighted by atomic mass is 16.3. The number of hydrogen-bond donors (Lipinski definition) is 1. The molecule has 2 aliphatic rings. The molecule has 0 spiro atoms. The number of nitrogens with one attached hydrogen (secondary N) is 1. The Kier molecular flexibility index (Phi) is 4.79. The number of hydrogen-bond acceptors (Lipinski definition) is 6. The van der Waals surface area contributed by atoms with Crippen molar-refractivity contribution < 1.29 is 9.21 Å². The number of rotatable bonds is 4. The number of aryl methyl sites for hydroxylation is 2. The van der Waals surface area contributed by atoms with Crippen LogP contribution in [0.25, 0.3) is 22.3 Å². The second-order valence-corrected chi connectivity index (χ2v) is 8.96. The van der Waals surface area contributed by atoms with Gasteiger partial charge in [0.05, 0.1) is 17.5 Å². The van der Waals surface area contributed by atoms with Gasteiger partial charge in [0.25, 0.3) is 5.91 Å². The van der Waals surface area contributed by atoms with Gasteiger partial charge in [0.15, 0.2) is 0 Å². The zero-order valence-electron chi connectivity index (χ0n) is 18.8. The van der Waals surface area contributed by atoms with Crippen LogP contribution in [0.2, 0.25) is 0 Å². The fourth-order valence-corrected chi connectivity index (χ4v) is 4.99. The number of fused-ring (bicyclic) bond motifs is 1. The van der Waals surface area contributed by atoms with Crippen LogP contribution in [0.5, 0.6) is 0 Å². The van der Waals surface area contributed by atoms with E-state index >= 15 is 0 Å². The van der Waals surface area contributed by atoms with Crippen molar-refractivity contribution in [2.75, 3.05) is 26.2 Å². The highest BCUT2D eigenvalue weighted by Crippen LogP contribution is 2.30. The Morgan fingerprint density at radius 3 is 2.76 bits per heavy atom. The van der Waals surface area contributed by atoms with Crippen molar-refractivity contribution in [3.05, 3.63) is 60.2 Å². The molecule has 33 heavy (non-hydrogen) atoms. The molecule has 169 valence electrons. The molecule has 2 saturated heterocycles. The summed E-state index contributed by atoms with van der Waals surface area (Å²) in [6.07, 6.45) is 9.36. The summed E-state index contributed by atoms with van der Waals surface area (Å²) in [4.78, 5) is 29.1. The third-order valence-corrected chi connectivity index (χ3v) is 6.84. The first kappa shape index (κ1) is 20.2. The molecule has 0 atom stereocenters. The summed E-state index contributed by atoms with van der Waals surface area (Å²) in [5, 5.41) is 5.58. The Bertz CT molecular complexity index is 1310. The lowest BCUT2D eigenvalue weighted by molar-refractivity contribution is 0.0514. The van der Waals surface area contributed by atoms with Gasteiger partial charge >= 0.3 is 0 Å². The highest BCUT2D eigenvalue weighted by Gasteiger charge is 2.37. The standard InChI is InChI=1S/C24H26N7O2/c1-15-9-21(16(2)33-15)24(32)29-7-4-18(5-8-29)30-12-19(13-30)31-11-17(10-28-31)22-20-3-6-25-23(20)27-14-26-22/h3,6,9-11,14,18H,4-5,7-8,12-13H2,1-2H3,(H,25,26,27). The molecule has 4 aromatic heterocycles. The Hall–Kier alpha value is -3.46. The summed E-state index contributed by atoms with van der Waals surface area (Å²) >= 11 is 0. The molecule has 4 aromatic rings. The predicted octanol–water partition coefficient (Wildman–Crippen LogP) is 3.03. The van der Waals surface area contributed by atoms with Crippen molar-refractivity contribution in [2.45, 2.75) is 32.7 Å². The van der Waals surface area contributed by atoms with E-state index in [4.69, 9.17) is 4.42 Å². The summed E-state index contributed by atoms with van der Waals surface area (Å²) in [7, 11) is 0. The van der Waals surface area contributed by atoms with E-state index in [-0.39, 0.29) is 5.91 Å². The van der Waals surface area contributed by atoms with E-state index in [1.165, 1.54) is 6.04 Å². The largest absolute Gasteiger partial charge is 0.466 e. The van der Waals surface area contributed by atoms with Gasteiger partial charge in [-0.25, -0.2) is 9.97 Å². The van der Waals surface area contributed by atoms with Gasteiger partial charge in [-0.05, 0) is 38.8 Å². The van der Waals surface area contributed by atoms with Crippen molar-refractivity contribution in [1.82, 2.24) is 34.5 Å². The number of carbonyl (C=O) groups excluding carboxylic acids is 1. The van der Waals surface area contributed by atoms with Crippen molar-refractivity contribution in [3.8, 4) is 11.3 Å². The zero-order valence-corrected chi connectivity index (χ0v) is 18.8. The highest BCUT2D eigenvalue weighted by molar-refractivity contribution is 5.95. The molecular formula is C24H26N7O2. The van der Waals surface area contributed by atoms with Crippen LogP contribution < -0.4 is 0 Å². The lowest BCUT2D eigenvalue weighted by Crippen LogP contribution is -2.56. The smallest absolute Gasteiger partial charge is 0.257 e. The number of piperidine rings is 1. The second kappa shape index (κ2) is 7.84. The molecule has 1 radical (unpaired) electrons. The van der Waals surface area contributed by atoms with Gasteiger partial charge < -0.3 is 14.3 Å². The van der Waals surface area contributed by atoms with Gasteiger partial charge in [-0.15, -0.1) is 0 Å². The van der Waals surface area contributed by atoms with E-state index in [9.17, 15) is 4.79 Å². The third kappa shape index (κ3) is 3.52. The Morgan fingerprint density at radius 1 is 1.18 bits per heavy atom. The van der Waals surface area contributed by atoms with E-state index < -0.39 is 0 Å². The number of H-pyrrole nitrogens is 1. The Balaban J connectivity index is 1.05. The van der Waals surface area contributed by atoms with Crippen LogP contribution in [-0.4, -0.2) is 72.7 Å². The van der Waals surface area contributed by atoms with E-state index in [1.807, 2.05) is 48.0 Å². The van der Waals surface area contributed by atoms with Crippen LogP contribution in [0.4, 0.5) is 0 Å². The fraction of sp³-hybridized carbons (Fsp3) is 0.375. The van der Waals surface area contributed by atoms with Crippen LogP contribution in [0.1, 0.15) is 34.7 Å². The summed E-state index contributed by atoms with van der Waals surface area (Å²) in [6, 6.07) is 5.62. The molecule has 0 aromatic carbocycles. The summed E-state index contributed by atoms with van der Waals surface area (Å²) in [6.45, 7) is 7.12. The Labute approximate surface area is 191 Å². The molecular weight excluding hydrogens is 418 g/mol. The maximum atomic E-state index is 12.8. The van der Waals surface area contributed by atoms with Crippen molar-refractivity contribution in [3.63, 3.8) is 0 Å². The molecule has 6 heterocycles. The lowest BCUT2D eigenvalue weighted by atomic mass is 9.97. The van der Waals surface area contributed by atoms with Crippen LogP contribution in [-0.2, 0) is 0 Å².